The van der Waals surface area contributed by atoms with Crippen LogP contribution in [-0.2, 0) is 6.54 Å². The summed E-state index contributed by atoms with van der Waals surface area (Å²) in [6.45, 7) is 9.08. The van der Waals surface area contributed by atoms with Gasteiger partial charge in [-0.1, -0.05) is 6.42 Å². The molecule has 2 aliphatic rings. The van der Waals surface area contributed by atoms with Crippen molar-refractivity contribution in [3.63, 3.8) is 0 Å². The van der Waals surface area contributed by atoms with E-state index in [1.807, 2.05) is 6.92 Å². The molecule has 3 heterocycles. The van der Waals surface area contributed by atoms with Gasteiger partial charge >= 0.3 is 0 Å². The molecule has 0 bridgehead atoms. The normalized spacial score (nSPS) is 30.3. The van der Waals surface area contributed by atoms with Crippen LogP contribution < -0.4 is 0 Å². The lowest BCUT2D eigenvalue weighted by Crippen LogP contribution is -2.58. The molecular weight excluding hydrogens is 224 g/mol. The number of aryl methyl sites for hydroxylation is 1. The minimum Gasteiger partial charge on any atom is -0.465 e. The van der Waals surface area contributed by atoms with Crippen molar-refractivity contribution >= 4 is 0 Å². The van der Waals surface area contributed by atoms with Gasteiger partial charge in [0.15, 0.2) is 0 Å². The Hall–Kier alpha value is -0.800. The summed E-state index contributed by atoms with van der Waals surface area (Å²) >= 11 is 0. The third-order valence-corrected chi connectivity index (χ3v) is 4.47. The van der Waals surface area contributed by atoms with Crippen molar-refractivity contribution < 1.29 is 4.42 Å². The lowest BCUT2D eigenvalue weighted by Gasteiger charge is -2.47. The highest BCUT2D eigenvalue weighted by atomic mass is 16.3. The average Bonchev–Trinajstić information content (AvgIpc) is 2.76. The van der Waals surface area contributed by atoms with Gasteiger partial charge in [-0.2, -0.15) is 0 Å². The standard InChI is InChI=1S/C15H24N2O/c1-12-9-16-8-4-3-5-14(16)10-17(12)11-15-7-6-13(2)18-15/h6-7,12,14H,3-5,8-11H2,1-2H3. The first kappa shape index (κ1) is 12.2. The molecule has 0 saturated carbocycles. The number of nitrogens with zero attached hydrogens (tertiary/aromatic N) is 2. The van der Waals surface area contributed by atoms with Crippen molar-refractivity contribution in [2.45, 2.75) is 51.7 Å². The third kappa shape index (κ3) is 2.47. The molecule has 100 valence electrons. The van der Waals surface area contributed by atoms with Gasteiger partial charge in [0.05, 0.1) is 6.54 Å². The smallest absolute Gasteiger partial charge is 0.118 e. The maximum atomic E-state index is 5.72. The minimum atomic E-state index is 0.643. The Morgan fingerprint density at radius 1 is 1.28 bits per heavy atom. The number of hydrogen-bond acceptors (Lipinski definition) is 3. The van der Waals surface area contributed by atoms with Crippen LogP contribution in [0.2, 0.25) is 0 Å². The van der Waals surface area contributed by atoms with Crippen LogP contribution in [0.1, 0.15) is 37.7 Å². The van der Waals surface area contributed by atoms with Crippen LogP contribution >= 0.6 is 0 Å². The first-order chi connectivity index (χ1) is 8.72. The highest BCUT2D eigenvalue weighted by molar-refractivity contribution is 5.06. The fourth-order valence-electron chi connectivity index (χ4n) is 3.40. The highest BCUT2D eigenvalue weighted by Gasteiger charge is 2.33. The van der Waals surface area contributed by atoms with Gasteiger partial charge in [-0.05, 0) is 45.4 Å². The van der Waals surface area contributed by atoms with E-state index in [2.05, 4.69) is 28.9 Å². The summed E-state index contributed by atoms with van der Waals surface area (Å²) in [5, 5.41) is 0. The number of hydrogen-bond donors (Lipinski definition) is 0. The van der Waals surface area contributed by atoms with Crippen LogP contribution in [0.15, 0.2) is 16.5 Å². The summed E-state index contributed by atoms with van der Waals surface area (Å²) in [5.41, 5.74) is 0. The Morgan fingerprint density at radius 2 is 2.17 bits per heavy atom. The van der Waals surface area contributed by atoms with E-state index in [-0.39, 0.29) is 0 Å². The maximum absolute atomic E-state index is 5.72. The predicted molar refractivity (Wildman–Crippen MR) is 72.5 cm³/mol. The van der Waals surface area contributed by atoms with Crippen molar-refractivity contribution in [3.05, 3.63) is 23.7 Å². The van der Waals surface area contributed by atoms with Crippen LogP contribution in [0.3, 0.4) is 0 Å². The Balaban J connectivity index is 1.65. The molecule has 1 aromatic heterocycles. The van der Waals surface area contributed by atoms with Crippen LogP contribution in [0.5, 0.6) is 0 Å². The van der Waals surface area contributed by atoms with Crippen molar-refractivity contribution in [2.75, 3.05) is 19.6 Å². The van der Waals surface area contributed by atoms with E-state index < -0.39 is 0 Å². The van der Waals surface area contributed by atoms with E-state index in [0.717, 1.165) is 24.1 Å². The summed E-state index contributed by atoms with van der Waals surface area (Å²) in [4.78, 5) is 5.28. The molecule has 3 rings (SSSR count). The number of fused-ring (bicyclic) bond motifs is 1. The molecule has 3 nitrogen and oxygen atoms in total. The topological polar surface area (TPSA) is 19.6 Å². The summed E-state index contributed by atoms with van der Waals surface area (Å²) < 4.78 is 5.72. The quantitative estimate of drug-likeness (QED) is 0.802. The zero-order chi connectivity index (χ0) is 12.5. The van der Waals surface area contributed by atoms with Gasteiger partial charge < -0.3 is 4.42 Å². The van der Waals surface area contributed by atoms with Gasteiger partial charge in [-0.15, -0.1) is 0 Å². The van der Waals surface area contributed by atoms with E-state index in [0.29, 0.717) is 6.04 Å². The van der Waals surface area contributed by atoms with Gasteiger partial charge in [-0.25, -0.2) is 0 Å². The summed E-state index contributed by atoms with van der Waals surface area (Å²) in [5.74, 6) is 2.14. The van der Waals surface area contributed by atoms with E-state index >= 15 is 0 Å². The molecule has 0 spiro atoms. The SMILES string of the molecule is Cc1ccc(CN2CC3CCCCN3CC2C)o1. The first-order valence-corrected chi connectivity index (χ1v) is 7.26. The summed E-state index contributed by atoms with van der Waals surface area (Å²) in [7, 11) is 0. The molecule has 3 heteroatoms. The minimum absolute atomic E-state index is 0.643. The van der Waals surface area contributed by atoms with Crippen molar-refractivity contribution in [1.82, 2.24) is 9.80 Å². The molecule has 0 N–H and O–H groups in total. The number of furan rings is 1. The van der Waals surface area contributed by atoms with E-state index in [9.17, 15) is 0 Å². The lowest BCUT2D eigenvalue weighted by molar-refractivity contribution is 0.00796. The fourth-order valence-corrected chi connectivity index (χ4v) is 3.40. The Morgan fingerprint density at radius 3 is 2.94 bits per heavy atom. The van der Waals surface area contributed by atoms with Crippen molar-refractivity contribution in [2.24, 2.45) is 0 Å². The Kier molecular flexibility index (Phi) is 3.44. The number of piperazine rings is 1. The molecule has 0 aromatic carbocycles. The van der Waals surface area contributed by atoms with Gasteiger partial charge in [0.1, 0.15) is 11.5 Å². The van der Waals surface area contributed by atoms with Crippen LogP contribution in [0.25, 0.3) is 0 Å². The van der Waals surface area contributed by atoms with E-state index in [1.165, 1.54) is 38.9 Å². The van der Waals surface area contributed by atoms with Gasteiger partial charge in [0.2, 0.25) is 0 Å². The molecule has 1 aromatic rings. The average molecular weight is 248 g/mol. The van der Waals surface area contributed by atoms with E-state index in [4.69, 9.17) is 4.42 Å². The molecule has 2 aliphatic heterocycles. The Bertz CT molecular complexity index is 401. The largest absolute Gasteiger partial charge is 0.465 e. The summed E-state index contributed by atoms with van der Waals surface area (Å²) in [6, 6.07) is 5.61. The predicted octanol–water partition coefficient (Wildman–Crippen LogP) is 2.65. The van der Waals surface area contributed by atoms with Crippen molar-refractivity contribution in [3.8, 4) is 0 Å². The highest BCUT2D eigenvalue weighted by Crippen LogP contribution is 2.25. The third-order valence-electron chi connectivity index (χ3n) is 4.47. The second-order valence-electron chi connectivity index (χ2n) is 5.94. The zero-order valence-corrected chi connectivity index (χ0v) is 11.6. The molecule has 0 amide bonds. The number of rotatable bonds is 2. The maximum Gasteiger partial charge on any atom is 0.118 e. The first-order valence-electron chi connectivity index (χ1n) is 7.26. The molecule has 18 heavy (non-hydrogen) atoms. The molecular formula is C15H24N2O. The zero-order valence-electron chi connectivity index (χ0n) is 11.6. The molecule has 0 radical (unpaired) electrons. The van der Waals surface area contributed by atoms with Crippen LogP contribution in [0, 0.1) is 6.92 Å². The molecule has 2 unspecified atom stereocenters. The van der Waals surface area contributed by atoms with Gasteiger partial charge in [0.25, 0.3) is 0 Å². The number of piperidine rings is 1. The molecule has 2 atom stereocenters. The molecule has 2 fully saturated rings. The monoisotopic (exact) mass is 248 g/mol. The van der Waals surface area contributed by atoms with Crippen molar-refractivity contribution in [1.29, 1.82) is 0 Å². The van der Waals surface area contributed by atoms with E-state index in [1.54, 1.807) is 0 Å². The second-order valence-corrected chi connectivity index (χ2v) is 5.94. The Labute approximate surface area is 110 Å². The van der Waals surface area contributed by atoms with Crippen LogP contribution in [-0.4, -0.2) is 41.5 Å². The van der Waals surface area contributed by atoms with Gasteiger partial charge in [-0.3, -0.25) is 9.80 Å². The molecule has 2 saturated heterocycles. The fraction of sp³-hybridized carbons (Fsp3) is 0.733. The lowest BCUT2D eigenvalue weighted by atomic mass is 9.97. The second kappa shape index (κ2) is 5.06. The molecule has 0 aliphatic carbocycles. The van der Waals surface area contributed by atoms with Gasteiger partial charge in [0, 0.05) is 25.2 Å². The van der Waals surface area contributed by atoms with Crippen LogP contribution in [0.4, 0.5) is 0 Å². The summed E-state index contributed by atoms with van der Waals surface area (Å²) in [6.07, 6.45) is 4.17.